The van der Waals surface area contributed by atoms with Crippen molar-refractivity contribution in [1.82, 2.24) is 14.5 Å². The SMILES string of the molecule is COc1ccc(CCn2cnc3cc(NC(=NC4C[C@@H]5C[C@H]([C@@H]4C)C5(C)C)N(C)CCO)ccc3c2=O)c(F)c1. The molecule has 3 aromatic rings. The molecule has 3 saturated carbocycles. The van der Waals surface area contributed by atoms with E-state index >= 15 is 0 Å². The third-order valence-corrected chi connectivity index (χ3v) is 9.36. The number of aliphatic imine (C=N–C) groups is 1. The molecule has 1 heterocycles. The zero-order chi connectivity index (χ0) is 28.6. The number of aliphatic hydroxyl groups excluding tert-OH is 1. The zero-order valence-electron chi connectivity index (χ0n) is 24.0. The van der Waals surface area contributed by atoms with Gasteiger partial charge in [-0.3, -0.25) is 9.36 Å². The fraction of sp³-hybridized carbons (Fsp3) is 0.516. The molecule has 2 bridgehead atoms. The monoisotopic (exact) mass is 549 g/mol. The summed E-state index contributed by atoms with van der Waals surface area (Å²) in [7, 11) is 3.42. The van der Waals surface area contributed by atoms with Crippen LogP contribution in [0.1, 0.15) is 39.2 Å². The second-order valence-corrected chi connectivity index (χ2v) is 11.9. The molecule has 0 spiro atoms. The summed E-state index contributed by atoms with van der Waals surface area (Å²) >= 11 is 0. The molecule has 0 radical (unpaired) electrons. The van der Waals surface area contributed by atoms with Gasteiger partial charge in [0, 0.05) is 31.9 Å². The van der Waals surface area contributed by atoms with Gasteiger partial charge in [-0.25, -0.2) is 14.4 Å². The Balaban J connectivity index is 1.34. The highest BCUT2D eigenvalue weighted by Gasteiger charge is 2.56. The van der Waals surface area contributed by atoms with Crippen LogP contribution in [0.4, 0.5) is 10.1 Å². The average molecular weight is 550 g/mol. The summed E-state index contributed by atoms with van der Waals surface area (Å²) in [6.45, 7) is 7.87. The van der Waals surface area contributed by atoms with E-state index in [4.69, 9.17) is 9.73 Å². The lowest BCUT2D eigenvalue weighted by Crippen LogP contribution is -2.56. The summed E-state index contributed by atoms with van der Waals surface area (Å²) < 4.78 is 20.9. The molecule has 3 aliphatic carbocycles. The number of hydrogen-bond acceptors (Lipinski definition) is 5. The summed E-state index contributed by atoms with van der Waals surface area (Å²) in [5.74, 6) is 2.67. The second-order valence-electron chi connectivity index (χ2n) is 11.9. The van der Waals surface area contributed by atoms with Crippen molar-refractivity contribution in [2.45, 2.75) is 52.6 Å². The molecular formula is C31H40FN5O3. The first kappa shape index (κ1) is 28.1. The van der Waals surface area contributed by atoms with Gasteiger partial charge in [-0.05, 0) is 72.3 Å². The van der Waals surface area contributed by atoms with Gasteiger partial charge < -0.3 is 20.1 Å². The number of nitrogens with one attached hydrogen (secondary N) is 1. The van der Waals surface area contributed by atoms with E-state index in [0.717, 1.165) is 12.1 Å². The molecule has 3 aliphatic rings. The topological polar surface area (TPSA) is 92.0 Å². The van der Waals surface area contributed by atoms with E-state index in [0.29, 0.717) is 70.9 Å². The minimum absolute atomic E-state index is 0.0228. The number of aromatic nitrogens is 2. The Bertz CT molecular complexity index is 1470. The van der Waals surface area contributed by atoms with Gasteiger partial charge in [0.2, 0.25) is 0 Å². The molecule has 0 aliphatic heterocycles. The van der Waals surface area contributed by atoms with Crippen LogP contribution in [0.5, 0.6) is 5.75 Å². The van der Waals surface area contributed by atoms with Crippen LogP contribution in [0.25, 0.3) is 10.9 Å². The Labute approximate surface area is 234 Å². The molecular weight excluding hydrogens is 509 g/mol. The number of fused-ring (bicyclic) bond motifs is 3. The lowest BCUT2D eigenvalue weighted by atomic mass is 9.45. The molecule has 40 heavy (non-hydrogen) atoms. The smallest absolute Gasteiger partial charge is 0.261 e. The molecule has 214 valence electrons. The molecule has 1 unspecified atom stereocenters. The molecule has 4 atom stereocenters. The molecule has 2 N–H and O–H groups in total. The van der Waals surface area contributed by atoms with Crippen molar-refractivity contribution in [3.05, 3.63) is 64.5 Å². The van der Waals surface area contributed by atoms with E-state index < -0.39 is 0 Å². The molecule has 9 heteroatoms. The molecule has 1 aromatic heterocycles. The van der Waals surface area contributed by atoms with Crippen LogP contribution in [-0.2, 0) is 13.0 Å². The van der Waals surface area contributed by atoms with Crippen LogP contribution in [-0.4, -0.2) is 58.9 Å². The van der Waals surface area contributed by atoms with Crippen molar-refractivity contribution in [2.24, 2.45) is 28.2 Å². The highest BCUT2D eigenvalue weighted by atomic mass is 19.1. The number of guanidine groups is 1. The molecule has 2 aromatic carbocycles. The summed E-state index contributed by atoms with van der Waals surface area (Å²) in [6, 6.07) is 10.4. The Morgan fingerprint density at radius 3 is 2.75 bits per heavy atom. The quantitative estimate of drug-likeness (QED) is 0.317. The number of benzene rings is 2. The predicted octanol–water partition coefficient (Wildman–Crippen LogP) is 4.55. The van der Waals surface area contributed by atoms with Crippen molar-refractivity contribution in [3.8, 4) is 5.75 Å². The first-order chi connectivity index (χ1) is 19.1. The maximum absolute atomic E-state index is 14.4. The van der Waals surface area contributed by atoms with Gasteiger partial charge in [0.15, 0.2) is 5.96 Å². The number of rotatable bonds is 8. The molecule has 0 amide bonds. The molecule has 8 nitrogen and oxygen atoms in total. The summed E-state index contributed by atoms with van der Waals surface area (Å²) in [6.07, 6.45) is 4.24. The van der Waals surface area contributed by atoms with E-state index in [1.165, 1.54) is 30.5 Å². The van der Waals surface area contributed by atoms with Crippen LogP contribution < -0.4 is 15.6 Å². The highest BCUT2D eigenvalue weighted by molar-refractivity contribution is 5.95. The van der Waals surface area contributed by atoms with E-state index in [9.17, 15) is 14.3 Å². The number of anilines is 1. The van der Waals surface area contributed by atoms with E-state index in [-0.39, 0.29) is 24.0 Å². The first-order valence-electron chi connectivity index (χ1n) is 14.1. The van der Waals surface area contributed by atoms with Crippen LogP contribution in [0.15, 0.2) is 52.5 Å². The number of methoxy groups -OCH3 is 1. The summed E-state index contributed by atoms with van der Waals surface area (Å²) in [5.41, 5.74) is 2.07. The van der Waals surface area contributed by atoms with Crippen molar-refractivity contribution in [2.75, 3.05) is 32.6 Å². The number of halogens is 1. The van der Waals surface area contributed by atoms with Gasteiger partial charge in [0.25, 0.3) is 5.56 Å². The van der Waals surface area contributed by atoms with Gasteiger partial charge in [0.1, 0.15) is 11.6 Å². The number of aliphatic hydroxyl groups is 1. The molecule has 3 fully saturated rings. The largest absolute Gasteiger partial charge is 0.497 e. The van der Waals surface area contributed by atoms with Crippen molar-refractivity contribution in [3.63, 3.8) is 0 Å². The van der Waals surface area contributed by atoms with Gasteiger partial charge in [-0.1, -0.05) is 26.8 Å². The van der Waals surface area contributed by atoms with Crippen LogP contribution in [0, 0.1) is 29.0 Å². The Hall–Kier alpha value is -3.46. The normalized spacial score (nSPS) is 23.5. The summed E-state index contributed by atoms with van der Waals surface area (Å²) in [4.78, 5) is 24.8. The lowest BCUT2D eigenvalue weighted by molar-refractivity contribution is -0.108. The number of hydrogen-bond donors (Lipinski definition) is 2. The summed E-state index contributed by atoms with van der Waals surface area (Å²) in [5, 5.41) is 13.5. The second kappa shape index (κ2) is 11.2. The molecule has 6 rings (SSSR count). The van der Waals surface area contributed by atoms with Crippen LogP contribution in [0.3, 0.4) is 0 Å². The minimum atomic E-state index is -0.358. The first-order valence-corrected chi connectivity index (χ1v) is 14.1. The van der Waals surface area contributed by atoms with Gasteiger partial charge in [-0.2, -0.15) is 0 Å². The van der Waals surface area contributed by atoms with Crippen molar-refractivity contribution < 1.29 is 14.2 Å². The Morgan fingerprint density at radius 2 is 2.08 bits per heavy atom. The van der Waals surface area contributed by atoms with Gasteiger partial charge in [-0.15, -0.1) is 0 Å². The molecule has 0 saturated heterocycles. The third-order valence-electron chi connectivity index (χ3n) is 9.36. The Kier molecular flexibility index (Phi) is 7.86. The van der Waals surface area contributed by atoms with Crippen LogP contribution in [0.2, 0.25) is 0 Å². The van der Waals surface area contributed by atoms with Gasteiger partial charge in [0.05, 0.1) is 37.0 Å². The maximum Gasteiger partial charge on any atom is 0.261 e. The van der Waals surface area contributed by atoms with Crippen molar-refractivity contribution in [1.29, 1.82) is 0 Å². The number of aryl methyl sites for hydroxylation is 2. The van der Waals surface area contributed by atoms with E-state index in [1.54, 1.807) is 18.2 Å². The number of nitrogens with zero attached hydrogens (tertiary/aromatic N) is 4. The minimum Gasteiger partial charge on any atom is -0.497 e. The lowest BCUT2D eigenvalue weighted by Gasteiger charge is -2.61. The van der Waals surface area contributed by atoms with E-state index in [2.05, 4.69) is 31.1 Å². The average Bonchev–Trinajstić information content (AvgIpc) is 2.93. The highest BCUT2D eigenvalue weighted by Crippen LogP contribution is 2.61. The maximum atomic E-state index is 14.4. The van der Waals surface area contributed by atoms with Crippen LogP contribution >= 0.6 is 0 Å². The predicted molar refractivity (Wildman–Crippen MR) is 156 cm³/mol. The fourth-order valence-electron chi connectivity index (χ4n) is 6.56. The van der Waals surface area contributed by atoms with Crippen molar-refractivity contribution >= 4 is 22.5 Å². The van der Waals surface area contributed by atoms with E-state index in [1.807, 2.05) is 24.1 Å². The third kappa shape index (κ3) is 5.31. The standard InChI is InChI=1S/C31H40FN5O3/c1-19-25-14-21(31(25,2)3)15-27(19)35-30(36(4)12-13-38)34-22-7-9-24-28(16-22)33-18-37(29(24)39)11-10-20-6-8-23(40-5)17-26(20)32/h6-9,16-19,21,25,27,38H,10-15H2,1-5H3,(H,34,35)/t19-,21-,25+,27?/m0/s1. The fourth-order valence-corrected chi connectivity index (χ4v) is 6.56. The Morgan fingerprint density at radius 1 is 1.27 bits per heavy atom. The zero-order valence-corrected chi connectivity index (χ0v) is 24.0. The number of ether oxygens (including phenoxy) is 1. The number of likely N-dealkylation sites (N-methyl/N-ethyl adjacent to an activating group) is 1. The van der Waals surface area contributed by atoms with Gasteiger partial charge >= 0.3 is 0 Å².